The van der Waals surface area contributed by atoms with Crippen LogP contribution >= 0.6 is 11.6 Å². The Bertz CT molecular complexity index is 929. The number of carbonyl (C=O) groups is 2. The van der Waals surface area contributed by atoms with Crippen LogP contribution in [0.5, 0.6) is 0 Å². The fraction of sp³-hybridized carbons (Fsp3) is 0.476. The molecule has 2 amide bonds. The summed E-state index contributed by atoms with van der Waals surface area (Å²) < 4.78 is 1.21. The van der Waals surface area contributed by atoms with Gasteiger partial charge in [0.05, 0.1) is 11.8 Å². The average molecular weight is 416 g/mol. The quantitative estimate of drug-likeness (QED) is 0.832. The lowest BCUT2D eigenvalue weighted by molar-refractivity contribution is 0.100. The molecule has 2 N–H and O–H groups in total. The van der Waals surface area contributed by atoms with Crippen molar-refractivity contribution in [3.8, 4) is 0 Å². The number of rotatable bonds is 4. The number of halogens is 1. The SMILES string of the molecule is Cc1ccc(Cl)c(CN(C)C2C[C@@H]3CN(C(=O)n4cc(C(N)=O)cn4)C[C@@H]3C2)c1. The number of nitrogens with zero attached hydrogens (tertiary/aromatic N) is 4. The molecule has 1 aliphatic carbocycles. The molecule has 0 bridgehead atoms. The summed E-state index contributed by atoms with van der Waals surface area (Å²) in [6, 6.07) is 6.45. The lowest BCUT2D eigenvalue weighted by atomic mass is 10.0. The van der Waals surface area contributed by atoms with Crippen LogP contribution in [-0.4, -0.2) is 57.7 Å². The molecule has 2 fully saturated rings. The van der Waals surface area contributed by atoms with Crippen LogP contribution in [0.25, 0.3) is 0 Å². The summed E-state index contributed by atoms with van der Waals surface area (Å²) in [5, 5.41) is 4.80. The van der Waals surface area contributed by atoms with E-state index in [4.69, 9.17) is 17.3 Å². The highest BCUT2D eigenvalue weighted by molar-refractivity contribution is 6.31. The van der Waals surface area contributed by atoms with Gasteiger partial charge in [-0.05, 0) is 50.3 Å². The van der Waals surface area contributed by atoms with Gasteiger partial charge in [-0.25, -0.2) is 4.79 Å². The molecule has 1 aromatic heterocycles. The molecule has 3 atom stereocenters. The van der Waals surface area contributed by atoms with Crippen LogP contribution in [0.4, 0.5) is 4.79 Å². The van der Waals surface area contributed by atoms with Gasteiger partial charge in [0.2, 0.25) is 0 Å². The van der Waals surface area contributed by atoms with Gasteiger partial charge in [-0.3, -0.25) is 9.69 Å². The minimum atomic E-state index is -0.582. The van der Waals surface area contributed by atoms with Gasteiger partial charge in [0, 0.05) is 36.9 Å². The number of benzene rings is 1. The molecular weight excluding hydrogens is 390 g/mol. The molecule has 1 saturated heterocycles. The van der Waals surface area contributed by atoms with Crippen molar-refractivity contribution in [2.75, 3.05) is 20.1 Å². The highest BCUT2D eigenvalue weighted by Gasteiger charge is 2.43. The van der Waals surface area contributed by atoms with E-state index in [2.05, 4.69) is 30.0 Å². The van der Waals surface area contributed by atoms with E-state index >= 15 is 0 Å². The van der Waals surface area contributed by atoms with E-state index in [-0.39, 0.29) is 11.6 Å². The van der Waals surface area contributed by atoms with E-state index in [1.807, 2.05) is 17.0 Å². The number of hydrogen-bond acceptors (Lipinski definition) is 4. The van der Waals surface area contributed by atoms with E-state index in [0.29, 0.717) is 17.9 Å². The first kappa shape index (κ1) is 19.9. The van der Waals surface area contributed by atoms with E-state index < -0.39 is 5.91 Å². The van der Waals surface area contributed by atoms with Gasteiger partial charge >= 0.3 is 6.03 Å². The Labute approximate surface area is 175 Å². The number of likely N-dealkylation sites (tertiary alicyclic amines) is 1. The van der Waals surface area contributed by atoms with E-state index in [0.717, 1.165) is 43.1 Å². The largest absolute Gasteiger partial charge is 0.366 e. The Morgan fingerprint density at radius 1 is 1.28 bits per heavy atom. The van der Waals surface area contributed by atoms with Gasteiger partial charge in [0.1, 0.15) is 0 Å². The number of nitrogens with two attached hydrogens (primary N) is 1. The summed E-state index contributed by atoms with van der Waals surface area (Å²) in [6.07, 6.45) is 4.87. The third-order valence-corrected chi connectivity index (χ3v) is 6.67. The van der Waals surface area contributed by atoms with Crippen molar-refractivity contribution in [1.82, 2.24) is 19.6 Å². The summed E-state index contributed by atoms with van der Waals surface area (Å²) in [4.78, 5) is 28.1. The predicted octanol–water partition coefficient (Wildman–Crippen LogP) is 2.75. The number of fused-ring (bicyclic) bond motifs is 1. The average Bonchev–Trinajstić information content (AvgIpc) is 3.38. The lowest BCUT2D eigenvalue weighted by Gasteiger charge is -2.27. The second kappa shape index (κ2) is 7.80. The Kier molecular flexibility index (Phi) is 5.36. The molecule has 1 saturated carbocycles. The van der Waals surface area contributed by atoms with Gasteiger partial charge in [-0.2, -0.15) is 9.78 Å². The van der Waals surface area contributed by atoms with Crippen molar-refractivity contribution in [3.63, 3.8) is 0 Å². The van der Waals surface area contributed by atoms with E-state index in [1.54, 1.807) is 0 Å². The molecule has 1 aliphatic heterocycles. The minimum absolute atomic E-state index is 0.191. The maximum atomic E-state index is 12.7. The first-order valence-corrected chi connectivity index (χ1v) is 10.3. The molecule has 0 radical (unpaired) electrons. The van der Waals surface area contributed by atoms with E-state index in [9.17, 15) is 9.59 Å². The predicted molar refractivity (Wildman–Crippen MR) is 111 cm³/mol. The molecular formula is C21H26ClN5O2. The highest BCUT2D eigenvalue weighted by Crippen LogP contribution is 2.40. The van der Waals surface area contributed by atoms with E-state index in [1.165, 1.54) is 22.6 Å². The molecule has 4 rings (SSSR count). The Morgan fingerprint density at radius 3 is 2.59 bits per heavy atom. The number of aromatic nitrogens is 2. The first-order valence-electron chi connectivity index (χ1n) is 9.91. The number of aryl methyl sites for hydroxylation is 1. The zero-order chi connectivity index (χ0) is 20.7. The Balaban J connectivity index is 1.35. The molecule has 2 aromatic rings. The fourth-order valence-corrected chi connectivity index (χ4v) is 4.88. The van der Waals surface area contributed by atoms with Gasteiger partial charge in [-0.15, -0.1) is 0 Å². The van der Waals surface area contributed by atoms with Crippen LogP contribution < -0.4 is 5.73 Å². The van der Waals surface area contributed by atoms with Crippen LogP contribution in [0, 0.1) is 18.8 Å². The third-order valence-electron chi connectivity index (χ3n) is 6.30. The van der Waals surface area contributed by atoms with Crippen LogP contribution in [0.15, 0.2) is 30.6 Å². The summed E-state index contributed by atoms with van der Waals surface area (Å²) in [7, 11) is 2.16. The second-order valence-electron chi connectivity index (χ2n) is 8.38. The fourth-order valence-electron chi connectivity index (χ4n) is 4.71. The van der Waals surface area contributed by atoms with Crippen molar-refractivity contribution in [2.24, 2.45) is 17.6 Å². The monoisotopic (exact) mass is 415 g/mol. The maximum Gasteiger partial charge on any atom is 0.344 e. The van der Waals surface area contributed by atoms with Crippen molar-refractivity contribution in [1.29, 1.82) is 0 Å². The summed E-state index contributed by atoms with van der Waals surface area (Å²) in [6.45, 7) is 4.36. The molecule has 1 unspecified atom stereocenters. The summed E-state index contributed by atoms with van der Waals surface area (Å²) >= 11 is 6.37. The zero-order valence-corrected chi connectivity index (χ0v) is 17.5. The molecule has 0 spiro atoms. The normalized spacial score (nSPS) is 23.6. The van der Waals surface area contributed by atoms with Crippen LogP contribution in [0.3, 0.4) is 0 Å². The molecule has 7 nitrogen and oxygen atoms in total. The highest BCUT2D eigenvalue weighted by atomic mass is 35.5. The Hall–Kier alpha value is -2.38. The zero-order valence-electron chi connectivity index (χ0n) is 16.7. The van der Waals surface area contributed by atoms with Gasteiger partial charge in [0.15, 0.2) is 0 Å². The molecule has 2 heterocycles. The number of hydrogen-bond donors (Lipinski definition) is 1. The van der Waals surface area contributed by atoms with Crippen LogP contribution in [-0.2, 0) is 6.54 Å². The van der Waals surface area contributed by atoms with Crippen LogP contribution in [0.2, 0.25) is 5.02 Å². The van der Waals surface area contributed by atoms with Gasteiger partial charge in [-0.1, -0.05) is 29.3 Å². The molecule has 154 valence electrons. The Morgan fingerprint density at radius 2 is 1.97 bits per heavy atom. The number of amides is 2. The minimum Gasteiger partial charge on any atom is -0.366 e. The molecule has 8 heteroatoms. The summed E-state index contributed by atoms with van der Waals surface area (Å²) in [5.41, 5.74) is 7.86. The topological polar surface area (TPSA) is 84.5 Å². The standard InChI is InChI=1S/C21H26ClN5O2/c1-13-3-4-19(22)16(5-13)9-25(2)18-6-14-10-26(11-15(14)7-18)21(29)27-12-17(8-24-27)20(23)28/h3-5,8,12,14-15,18H,6-7,9-11H2,1-2H3,(H2,23,28)/t14-,15+,18?. The van der Waals surface area contributed by atoms with Gasteiger partial charge < -0.3 is 10.6 Å². The van der Waals surface area contributed by atoms with Crippen molar-refractivity contribution >= 4 is 23.5 Å². The summed E-state index contributed by atoms with van der Waals surface area (Å²) in [5.74, 6) is 0.401. The first-order chi connectivity index (χ1) is 13.8. The maximum absolute atomic E-state index is 12.7. The second-order valence-corrected chi connectivity index (χ2v) is 8.79. The van der Waals surface area contributed by atoms with Crippen molar-refractivity contribution in [2.45, 2.75) is 32.4 Å². The molecule has 1 aromatic carbocycles. The van der Waals surface area contributed by atoms with Crippen LogP contribution in [0.1, 0.15) is 34.3 Å². The number of primary amides is 1. The van der Waals surface area contributed by atoms with Crippen molar-refractivity contribution in [3.05, 3.63) is 52.3 Å². The van der Waals surface area contributed by atoms with Gasteiger partial charge in [0.25, 0.3) is 5.91 Å². The lowest BCUT2D eigenvalue weighted by Crippen LogP contribution is -2.36. The third kappa shape index (κ3) is 4.02. The van der Waals surface area contributed by atoms with Crippen molar-refractivity contribution < 1.29 is 9.59 Å². The molecule has 29 heavy (non-hydrogen) atoms. The molecule has 2 aliphatic rings. The smallest absolute Gasteiger partial charge is 0.344 e. The number of carbonyl (C=O) groups excluding carboxylic acids is 2.